The summed E-state index contributed by atoms with van der Waals surface area (Å²) in [5.74, 6) is -0.207. The topological polar surface area (TPSA) is 76.1 Å². The molecule has 5 rings (SSSR count). The van der Waals surface area contributed by atoms with E-state index in [1.807, 2.05) is 42.5 Å². The Balaban J connectivity index is 1.20. The van der Waals surface area contributed by atoms with Crippen molar-refractivity contribution in [2.45, 2.75) is 18.4 Å². The number of carbonyl (C=O) groups is 2. The number of piperazine rings is 1. The number of likely N-dealkylation sites (N-methyl/N-ethyl adjacent to an activating group) is 1. The van der Waals surface area contributed by atoms with Crippen LogP contribution in [0.5, 0.6) is 0 Å². The van der Waals surface area contributed by atoms with E-state index in [1.54, 1.807) is 9.80 Å². The molecule has 1 aliphatic carbocycles. The lowest BCUT2D eigenvalue weighted by molar-refractivity contribution is -0.143. The van der Waals surface area contributed by atoms with Crippen LogP contribution in [-0.4, -0.2) is 77.1 Å². The second-order valence-electron chi connectivity index (χ2n) is 8.93. The molecule has 7 heteroatoms. The van der Waals surface area contributed by atoms with Gasteiger partial charge in [-0.1, -0.05) is 36.4 Å². The molecular formula is C25H28N4O3. The van der Waals surface area contributed by atoms with Crippen molar-refractivity contribution in [2.24, 2.45) is 0 Å². The maximum absolute atomic E-state index is 12.9. The van der Waals surface area contributed by atoms with Crippen LogP contribution in [0.2, 0.25) is 0 Å². The Kier molecular flexibility index (Phi) is 5.23. The van der Waals surface area contributed by atoms with E-state index >= 15 is 0 Å². The zero-order chi connectivity index (χ0) is 22.3. The molecule has 2 amide bonds. The molecule has 2 aromatic carbocycles. The van der Waals surface area contributed by atoms with E-state index in [1.165, 1.54) is 11.1 Å². The SMILES string of the molecule is CN1CC(c2ccc(-c3ccc(C(=O)N4CCN(C(=O)C5(O)CC5)CC4)cc3)cc2)=CN1. The van der Waals surface area contributed by atoms with Crippen LogP contribution >= 0.6 is 0 Å². The van der Waals surface area contributed by atoms with Gasteiger partial charge in [0.2, 0.25) is 0 Å². The molecule has 0 unspecified atom stereocenters. The second-order valence-corrected chi connectivity index (χ2v) is 8.93. The molecule has 0 radical (unpaired) electrons. The largest absolute Gasteiger partial charge is 0.380 e. The number of nitrogens with zero attached hydrogens (tertiary/aromatic N) is 3. The summed E-state index contributed by atoms with van der Waals surface area (Å²) in [6.07, 6.45) is 3.12. The number of hydrogen-bond acceptors (Lipinski definition) is 5. The number of benzene rings is 2. The van der Waals surface area contributed by atoms with Gasteiger partial charge < -0.3 is 20.3 Å². The summed E-state index contributed by atoms with van der Waals surface area (Å²) >= 11 is 0. The normalized spacial score (nSPS) is 20.0. The Hall–Kier alpha value is -3.16. The minimum absolute atomic E-state index is 0.0195. The third-order valence-electron chi connectivity index (χ3n) is 6.56. The molecule has 0 atom stereocenters. The Morgan fingerprint density at radius 3 is 1.91 bits per heavy atom. The minimum Gasteiger partial charge on any atom is -0.380 e. The van der Waals surface area contributed by atoms with Crippen LogP contribution in [0.1, 0.15) is 28.8 Å². The van der Waals surface area contributed by atoms with Gasteiger partial charge in [-0.3, -0.25) is 9.59 Å². The number of aliphatic hydroxyl groups is 1. The molecule has 32 heavy (non-hydrogen) atoms. The van der Waals surface area contributed by atoms with Gasteiger partial charge in [0, 0.05) is 51.5 Å². The standard InChI is InChI=1S/C25H28N4O3/c1-27-17-22(16-26-27)20-4-2-18(3-5-20)19-6-8-21(9-7-19)23(30)28-12-14-29(15-13-28)24(31)25(32)10-11-25/h2-9,16,26,32H,10-15,17H2,1H3. The monoisotopic (exact) mass is 432 g/mol. The molecule has 2 fully saturated rings. The van der Waals surface area contributed by atoms with Crippen molar-refractivity contribution >= 4 is 17.4 Å². The Labute approximate surface area is 187 Å². The Bertz CT molecular complexity index is 1050. The van der Waals surface area contributed by atoms with Gasteiger partial charge in [0.1, 0.15) is 5.60 Å². The second kappa shape index (κ2) is 8.07. The lowest BCUT2D eigenvalue weighted by Crippen LogP contribution is -2.53. The summed E-state index contributed by atoms with van der Waals surface area (Å²) in [4.78, 5) is 28.6. The molecule has 2 N–H and O–H groups in total. The van der Waals surface area contributed by atoms with Gasteiger partial charge in [0.05, 0.1) is 0 Å². The quantitative estimate of drug-likeness (QED) is 0.773. The zero-order valence-electron chi connectivity index (χ0n) is 18.3. The van der Waals surface area contributed by atoms with E-state index < -0.39 is 5.60 Å². The summed E-state index contributed by atoms with van der Waals surface area (Å²) in [7, 11) is 2.01. The number of amides is 2. The molecule has 2 aromatic rings. The van der Waals surface area contributed by atoms with Crippen molar-refractivity contribution in [2.75, 3.05) is 39.8 Å². The smallest absolute Gasteiger partial charge is 0.254 e. The summed E-state index contributed by atoms with van der Waals surface area (Å²) in [5, 5.41) is 12.1. The predicted molar refractivity (Wildman–Crippen MR) is 122 cm³/mol. The Morgan fingerprint density at radius 1 is 0.844 bits per heavy atom. The molecule has 2 heterocycles. The van der Waals surface area contributed by atoms with Crippen LogP contribution in [0, 0.1) is 0 Å². The van der Waals surface area contributed by atoms with Gasteiger partial charge in [-0.25, -0.2) is 5.01 Å². The molecule has 166 valence electrons. The first kappa shape index (κ1) is 20.7. The van der Waals surface area contributed by atoms with Gasteiger partial charge in [0.15, 0.2) is 0 Å². The van der Waals surface area contributed by atoms with E-state index in [2.05, 4.69) is 29.7 Å². The maximum Gasteiger partial charge on any atom is 0.254 e. The van der Waals surface area contributed by atoms with Crippen LogP contribution in [-0.2, 0) is 4.79 Å². The van der Waals surface area contributed by atoms with Crippen LogP contribution in [0.25, 0.3) is 16.7 Å². The van der Waals surface area contributed by atoms with E-state index in [4.69, 9.17) is 0 Å². The minimum atomic E-state index is -1.14. The summed E-state index contributed by atoms with van der Waals surface area (Å²) < 4.78 is 0. The van der Waals surface area contributed by atoms with Crippen molar-refractivity contribution in [3.8, 4) is 11.1 Å². The summed E-state index contributed by atoms with van der Waals surface area (Å²) in [6, 6.07) is 16.2. The number of rotatable bonds is 4. The molecule has 7 nitrogen and oxygen atoms in total. The van der Waals surface area contributed by atoms with Crippen molar-refractivity contribution < 1.29 is 14.7 Å². The lowest BCUT2D eigenvalue weighted by Gasteiger charge is -2.35. The highest BCUT2D eigenvalue weighted by Crippen LogP contribution is 2.37. The average molecular weight is 433 g/mol. The van der Waals surface area contributed by atoms with E-state index in [9.17, 15) is 14.7 Å². The Morgan fingerprint density at radius 2 is 1.38 bits per heavy atom. The van der Waals surface area contributed by atoms with Crippen LogP contribution < -0.4 is 5.43 Å². The van der Waals surface area contributed by atoms with Crippen molar-refractivity contribution in [1.82, 2.24) is 20.2 Å². The first-order chi connectivity index (χ1) is 15.4. The van der Waals surface area contributed by atoms with Gasteiger partial charge in [-0.05, 0) is 47.2 Å². The van der Waals surface area contributed by atoms with Gasteiger partial charge in [-0.2, -0.15) is 0 Å². The van der Waals surface area contributed by atoms with Crippen molar-refractivity contribution in [3.05, 3.63) is 65.9 Å². The molecule has 1 saturated carbocycles. The molecule has 1 saturated heterocycles. The third kappa shape index (κ3) is 4.01. The van der Waals surface area contributed by atoms with Crippen LogP contribution in [0.3, 0.4) is 0 Å². The number of hydrogen-bond donors (Lipinski definition) is 2. The van der Waals surface area contributed by atoms with Gasteiger partial charge in [-0.15, -0.1) is 0 Å². The fourth-order valence-electron chi connectivity index (χ4n) is 4.31. The number of carbonyl (C=O) groups excluding carboxylic acids is 2. The fourth-order valence-corrected chi connectivity index (χ4v) is 4.31. The fraction of sp³-hybridized carbons (Fsp3) is 0.360. The van der Waals surface area contributed by atoms with E-state index in [-0.39, 0.29) is 11.8 Å². The van der Waals surface area contributed by atoms with Gasteiger partial charge in [0.25, 0.3) is 11.8 Å². The summed E-state index contributed by atoms with van der Waals surface area (Å²) in [5.41, 5.74) is 7.32. The van der Waals surface area contributed by atoms with E-state index in [0.29, 0.717) is 44.6 Å². The number of nitrogens with one attached hydrogen (secondary N) is 1. The summed E-state index contributed by atoms with van der Waals surface area (Å²) in [6.45, 7) is 2.80. The lowest BCUT2D eigenvalue weighted by atomic mass is 10.00. The molecule has 2 aliphatic heterocycles. The van der Waals surface area contributed by atoms with Crippen molar-refractivity contribution in [3.63, 3.8) is 0 Å². The molecular weight excluding hydrogens is 404 g/mol. The van der Waals surface area contributed by atoms with Crippen molar-refractivity contribution in [1.29, 1.82) is 0 Å². The molecule has 0 bridgehead atoms. The highest BCUT2D eigenvalue weighted by molar-refractivity contribution is 5.95. The van der Waals surface area contributed by atoms with Crippen LogP contribution in [0.15, 0.2) is 54.7 Å². The predicted octanol–water partition coefficient (Wildman–Crippen LogP) is 1.95. The number of hydrazine groups is 1. The zero-order valence-corrected chi connectivity index (χ0v) is 18.3. The van der Waals surface area contributed by atoms with Crippen LogP contribution in [0.4, 0.5) is 0 Å². The first-order valence-corrected chi connectivity index (χ1v) is 11.1. The molecule has 0 spiro atoms. The molecule has 0 aromatic heterocycles. The average Bonchev–Trinajstić information content (AvgIpc) is 3.44. The highest BCUT2D eigenvalue weighted by atomic mass is 16.3. The third-order valence-corrected chi connectivity index (χ3v) is 6.56. The first-order valence-electron chi connectivity index (χ1n) is 11.1. The highest BCUT2D eigenvalue weighted by Gasteiger charge is 2.50. The van der Waals surface area contributed by atoms with Gasteiger partial charge >= 0.3 is 0 Å². The van der Waals surface area contributed by atoms with E-state index in [0.717, 1.165) is 17.7 Å². The maximum atomic E-state index is 12.9. The molecule has 3 aliphatic rings.